The Labute approximate surface area is 129 Å². The van der Waals surface area contributed by atoms with E-state index < -0.39 is 0 Å². The van der Waals surface area contributed by atoms with E-state index in [0.717, 1.165) is 10.0 Å². The molecule has 2 rings (SSSR count). The van der Waals surface area contributed by atoms with E-state index in [2.05, 4.69) is 26.2 Å². The van der Waals surface area contributed by atoms with E-state index in [9.17, 15) is 4.79 Å². The van der Waals surface area contributed by atoms with Gasteiger partial charge in [0.2, 0.25) is 0 Å². The summed E-state index contributed by atoms with van der Waals surface area (Å²) in [6, 6.07) is 8.74. The summed E-state index contributed by atoms with van der Waals surface area (Å²) in [7, 11) is 0. The Kier molecular flexibility index (Phi) is 4.80. The first-order chi connectivity index (χ1) is 9.10. The summed E-state index contributed by atoms with van der Waals surface area (Å²) in [5, 5.41) is 2.95. The van der Waals surface area contributed by atoms with Gasteiger partial charge in [0.1, 0.15) is 0 Å². The van der Waals surface area contributed by atoms with Crippen molar-refractivity contribution in [1.82, 2.24) is 4.98 Å². The van der Waals surface area contributed by atoms with Crippen molar-refractivity contribution >= 4 is 50.7 Å². The maximum atomic E-state index is 12.0. The highest BCUT2D eigenvalue weighted by Gasteiger charge is 2.09. The number of nitrogens with one attached hydrogen (secondary N) is 1. The lowest BCUT2D eigenvalue weighted by atomic mass is 10.1. The Morgan fingerprint density at radius 3 is 2.63 bits per heavy atom. The number of anilines is 1. The molecule has 0 saturated heterocycles. The fraction of sp³-hybridized carbons (Fsp3) is 0.0769. The first-order valence-corrected chi connectivity index (χ1v) is 7.08. The van der Waals surface area contributed by atoms with E-state index in [4.69, 9.17) is 23.2 Å². The van der Waals surface area contributed by atoms with Crippen molar-refractivity contribution in [3.8, 4) is 0 Å². The lowest BCUT2D eigenvalue weighted by Crippen LogP contribution is -2.12. The molecule has 0 aliphatic heterocycles. The topological polar surface area (TPSA) is 42.0 Å². The Bertz CT molecular complexity index is 602. The van der Waals surface area contributed by atoms with Crippen molar-refractivity contribution in [2.24, 2.45) is 0 Å². The number of hydrogen-bond donors (Lipinski definition) is 1. The van der Waals surface area contributed by atoms with Gasteiger partial charge in [0.25, 0.3) is 5.91 Å². The summed E-state index contributed by atoms with van der Waals surface area (Å²) < 4.78 is 0.740. The number of benzene rings is 1. The number of rotatable bonds is 3. The van der Waals surface area contributed by atoms with Gasteiger partial charge in [0.15, 0.2) is 5.15 Å². The average Bonchev–Trinajstić information content (AvgIpc) is 2.43. The number of alkyl halides is 1. The second-order valence-electron chi connectivity index (χ2n) is 3.78. The van der Waals surface area contributed by atoms with Gasteiger partial charge in [-0.05, 0) is 39.7 Å². The first-order valence-electron chi connectivity index (χ1n) is 5.37. The molecule has 1 N–H and O–H groups in total. The lowest BCUT2D eigenvalue weighted by molar-refractivity contribution is 0.102. The van der Waals surface area contributed by atoms with Crippen molar-refractivity contribution in [2.45, 2.75) is 5.88 Å². The minimum Gasteiger partial charge on any atom is -0.319 e. The number of halogens is 3. The molecule has 6 heteroatoms. The van der Waals surface area contributed by atoms with Gasteiger partial charge in [-0.25, -0.2) is 4.98 Å². The molecule has 2 aromatic rings. The molecule has 0 bridgehead atoms. The molecule has 0 unspecified atom stereocenters. The predicted molar refractivity (Wildman–Crippen MR) is 80.9 cm³/mol. The van der Waals surface area contributed by atoms with Crippen molar-refractivity contribution < 1.29 is 4.79 Å². The minimum absolute atomic E-state index is 0.244. The monoisotopic (exact) mass is 358 g/mol. The highest BCUT2D eigenvalue weighted by molar-refractivity contribution is 9.10. The van der Waals surface area contributed by atoms with Gasteiger partial charge in [0.05, 0.1) is 5.69 Å². The quantitative estimate of drug-likeness (QED) is 0.648. The summed E-state index contributed by atoms with van der Waals surface area (Å²) in [5.41, 5.74) is 1.95. The summed E-state index contributed by atoms with van der Waals surface area (Å²) in [6.45, 7) is 0. The highest BCUT2D eigenvalue weighted by atomic mass is 79.9. The SMILES string of the molecule is O=C(Nc1cc(Br)cnc1Cl)c1ccc(CCl)cc1. The zero-order valence-corrected chi connectivity index (χ0v) is 12.8. The molecule has 0 spiro atoms. The van der Waals surface area contributed by atoms with E-state index in [1.165, 1.54) is 0 Å². The fourth-order valence-corrected chi connectivity index (χ4v) is 2.11. The molecule has 0 aliphatic rings. The second kappa shape index (κ2) is 6.37. The van der Waals surface area contributed by atoms with Crippen molar-refractivity contribution in [2.75, 3.05) is 5.32 Å². The largest absolute Gasteiger partial charge is 0.319 e. The Hall–Kier alpha value is -1.10. The molecule has 3 nitrogen and oxygen atoms in total. The molecular formula is C13H9BrCl2N2O. The standard InChI is InChI=1S/C13H9BrCl2N2O/c14-10-5-11(12(16)17-7-10)18-13(19)9-3-1-8(6-15)2-4-9/h1-5,7H,6H2,(H,18,19). The van der Waals surface area contributed by atoms with Crippen LogP contribution in [0, 0.1) is 0 Å². The molecule has 0 fully saturated rings. The number of nitrogens with zero attached hydrogens (tertiary/aromatic N) is 1. The molecule has 98 valence electrons. The molecule has 0 saturated carbocycles. The molecule has 1 amide bonds. The van der Waals surface area contributed by atoms with Crippen LogP contribution in [-0.2, 0) is 5.88 Å². The smallest absolute Gasteiger partial charge is 0.255 e. The second-order valence-corrected chi connectivity index (χ2v) is 5.32. The minimum atomic E-state index is -0.247. The van der Waals surface area contributed by atoms with Gasteiger partial charge in [-0.1, -0.05) is 23.7 Å². The van der Waals surface area contributed by atoms with Gasteiger partial charge < -0.3 is 5.32 Å². The van der Waals surface area contributed by atoms with Crippen LogP contribution in [0.5, 0.6) is 0 Å². The summed E-state index contributed by atoms with van der Waals surface area (Å²) in [4.78, 5) is 16.0. The van der Waals surface area contributed by atoms with Crippen LogP contribution in [0.1, 0.15) is 15.9 Å². The Morgan fingerprint density at radius 2 is 2.00 bits per heavy atom. The molecule has 1 aromatic carbocycles. The van der Waals surface area contributed by atoms with Crippen molar-refractivity contribution in [1.29, 1.82) is 0 Å². The highest BCUT2D eigenvalue weighted by Crippen LogP contribution is 2.23. The van der Waals surface area contributed by atoms with Gasteiger partial charge >= 0.3 is 0 Å². The lowest BCUT2D eigenvalue weighted by Gasteiger charge is -2.07. The zero-order valence-electron chi connectivity index (χ0n) is 9.66. The van der Waals surface area contributed by atoms with Crippen LogP contribution in [0.4, 0.5) is 5.69 Å². The average molecular weight is 360 g/mol. The molecule has 1 heterocycles. The van der Waals surface area contributed by atoms with E-state index >= 15 is 0 Å². The molecule has 0 aliphatic carbocycles. The molecule has 1 aromatic heterocycles. The van der Waals surface area contributed by atoms with Crippen LogP contribution in [0.2, 0.25) is 5.15 Å². The summed E-state index contributed by atoms with van der Waals surface area (Å²) in [5.74, 6) is 0.173. The molecule has 0 radical (unpaired) electrons. The molecule has 19 heavy (non-hydrogen) atoms. The molecule has 0 atom stereocenters. The summed E-state index contributed by atoms with van der Waals surface area (Å²) >= 11 is 14.9. The van der Waals surface area contributed by atoms with E-state index in [0.29, 0.717) is 17.1 Å². The summed E-state index contributed by atoms with van der Waals surface area (Å²) in [6.07, 6.45) is 1.56. The number of amides is 1. The number of pyridine rings is 1. The molecular weight excluding hydrogens is 351 g/mol. The maximum absolute atomic E-state index is 12.0. The fourth-order valence-electron chi connectivity index (χ4n) is 1.45. The van der Waals surface area contributed by atoms with E-state index in [-0.39, 0.29) is 11.1 Å². The van der Waals surface area contributed by atoms with Gasteiger partial charge in [-0.15, -0.1) is 11.6 Å². The van der Waals surface area contributed by atoms with Crippen LogP contribution in [0.15, 0.2) is 41.0 Å². The van der Waals surface area contributed by atoms with Gasteiger partial charge in [-0.3, -0.25) is 4.79 Å². The Balaban J connectivity index is 2.18. The third kappa shape index (κ3) is 3.69. The van der Waals surface area contributed by atoms with Gasteiger partial charge in [-0.2, -0.15) is 0 Å². The van der Waals surface area contributed by atoms with Crippen molar-refractivity contribution in [3.05, 3.63) is 57.3 Å². The van der Waals surface area contributed by atoms with Crippen molar-refractivity contribution in [3.63, 3.8) is 0 Å². The number of carbonyl (C=O) groups excluding carboxylic acids is 1. The number of aromatic nitrogens is 1. The van der Waals surface area contributed by atoms with E-state index in [1.807, 2.05) is 12.1 Å². The van der Waals surface area contributed by atoms with Crippen LogP contribution in [0.3, 0.4) is 0 Å². The number of hydrogen-bond acceptors (Lipinski definition) is 2. The van der Waals surface area contributed by atoms with Crippen LogP contribution >= 0.6 is 39.1 Å². The van der Waals surface area contributed by atoms with Crippen LogP contribution in [-0.4, -0.2) is 10.9 Å². The Morgan fingerprint density at radius 1 is 1.32 bits per heavy atom. The van der Waals surface area contributed by atoms with Gasteiger partial charge in [0, 0.05) is 22.1 Å². The third-order valence-corrected chi connectivity index (χ3v) is 3.47. The van der Waals surface area contributed by atoms with E-state index in [1.54, 1.807) is 24.4 Å². The van der Waals surface area contributed by atoms with Crippen LogP contribution < -0.4 is 5.32 Å². The zero-order chi connectivity index (χ0) is 13.8. The third-order valence-electron chi connectivity index (χ3n) is 2.42. The normalized spacial score (nSPS) is 10.3. The first kappa shape index (κ1) is 14.3. The van der Waals surface area contributed by atoms with Crippen LogP contribution in [0.25, 0.3) is 0 Å². The maximum Gasteiger partial charge on any atom is 0.255 e. The number of carbonyl (C=O) groups is 1. The predicted octanol–water partition coefficient (Wildman–Crippen LogP) is 4.49.